The standard InChI is InChI=1S/C16H17BrOS/c1-12-5-3-4-6-14(12)11-19-10-13-7-8-16(18-2)15(17)9-13/h3-9H,10-11H2,1-2H3. The zero-order valence-corrected chi connectivity index (χ0v) is 13.6. The molecule has 0 aliphatic rings. The van der Waals surface area contributed by atoms with Crippen LogP contribution in [-0.4, -0.2) is 7.11 Å². The summed E-state index contributed by atoms with van der Waals surface area (Å²) >= 11 is 5.46. The molecule has 2 rings (SSSR count). The Labute approximate surface area is 127 Å². The Hall–Kier alpha value is -0.930. The van der Waals surface area contributed by atoms with Gasteiger partial charge in [0.25, 0.3) is 0 Å². The number of aryl methyl sites for hydroxylation is 1. The number of rotatable bonds is 5. The lowest BCUT2D eigenvalue weighted by Gasteiger charge is -2.07. The van der Waals surface area contributed by atoms with Crippen molar-refractivity contribution in [1.82, 2.24) is 0 Å². The number of ether oxygens (including phenoxy) is 1. The van der Waals surface area contributed by atoms with Gasteiger partial charge in [-0.25, -0.2) is 0 Å². The van der Waals surface area contributed by atoms with Crippen LogP contribution in [0, 0.1) is 6.92 Å². The molecule has 0 aliphatic carbocycles. The summed E-state index contributed by atoms with van der Waals surface area (Å²) in [5.74, 6) is 2.94. The second kappa shape index (κ2) is 7.01. The number of thioether (sulfide) groups is 1. The van der Waals surface area contributed by atoms with Crippen LogP contribution in [0.3, 0.4) is 0 Å². The van der Waals surface area contributed by atoms with Gasteiger partial charge in [0.15, 0.2) is 0 Å². The van der Waals surface area contributed by atoms with Crippen LogP contribution in [-0.2, 0) is 11.5 Å². The molecule has 0 spiro atoms. The minimum atomic E-state index is 0.882. The van der Waals surface area contributed by atoms with Crippen LogP contribution < -0.4 is 4.74 Å². The van der Waals surface area contributed by atoms with E-state index in [-0.39, 0.29) is 0 Å². The molecule has 19 heavy (non-hydrogen) atoms. The van der Waals surface area contributed by atoms with Crippen LogP contribution >= 0.6 is 27.7 Å². The van der Waals surface area contributed by atoms with Crippen molar-refractivity contribution >= 4 is 27.7 Å². The summed E-state index contributed by atoms with van der Waals surface area (Å²) in [6, 6.07) is 14.8. The average Bonchev–Trinajstić information content (AvgIpc) is 2.41. The second-order valence-corrected chi connectivity index (χ2v) is 6.23. The highest BCUT2D eigenvalue weighted by Gasteiger charge is 2.02. The average molecular weight is 337 g/mol. The number of halogens is 1. The van der Waals surface area contributed by atoms with E-state index in [4.69, 9.17) is 4.74 Å². The van der Waals surface area contributed by atoms with Crippen LogP contribution in [0.15, 0.2) is 46.9 Å². The summed E-state index contributed by atoms with van der Waals surface area (Å²) in [6.07, 6.45) is 0. The van der Waals surface area contributed by atoms with Crippen LogP contribution in [0.5, 0.6) is 5.75 Å². The lowest BCUT2D eigenvalue weighted by molar-refractivity contribution is 0.412. The van der Waals surface area contributed by atoms with Gasteiger partial charge in [0.1, 0.15) is 5.75 Å². The molecular formula is C16H17BrOS. The Morgan fingerprint density at radius 1 is 1.11 bits per heavy atom. The van der Waals surface area contributed by atoms with Gasteiger partial charge in [0.2, 0.25) is 0 Å². The minimum absolute atomic E-state index is 0.882. The highest BCUT2D eigenvalue weighted by atomic mass is 79.9. The van der Waals surface area contributed by atoms with Gasteiger partial charge < -0.3 is 4.74 Å². The van der Waals surface area contributed by atoms with E-state index in [2.05, 4.69) is 59.3 Å². The lowest BCUT2D eigenvalue weighted by atomic mass is 10.1. The third-order valence-electron chi connectivity index (χ3n) is 3.00. The molecule has 0 N–H and O–H groups in total. The lowest BCUT2D eigenvalue weighted by Crippen LogP contribution is -1.89. The SMILES string of the molecule is COc1ccc(CSCc2ccccc2C)cc1Br. The van der Waals surface area contributed by atoms with Gasteiger partial charge in [-0.15, -0.1) is 0 Å². The molecule has 0 heterocycles. The molecule has 0 amide bonds. The minimum Gasteiger partial charge on any atom is -0.496 e. The van der Waals surface area contributed by atoms with Crippen molar-refractivity contribution in [2.75, 3.05) is 7.11 Å². The highest BCUT2D eigenvalue weighted by Crippen LogP contribution is 2.28. The molecule has 0 fully saturated rings. The fraction of sp³-hybridized carbons (Fsp3) is 0.250. The van der Waals surface area contributed by atoms with E-state index < -0.39 is 0 Å². The van der Waals surface area contributed by atoms with Gasteiger partial charge >= 0.3 is 0 Å². The smallest absolute Gasteiger partial charge is 0.133 e. The first-order valence-corrected chi connectivity index (χ1v) is 8.10. The summed E-state index contributed by atoms with van der Waals surface area (Å²) in [7, 11) is 1.69. The molecule has 0 bridgehead atoms. The largest absolute Gasteiger partial charge is 0.496 e. The van der Waals surface area contributed by atoms with Gasteiger partial charge in [-0.05, 0) is 51.7 Å². The van der Waals surface area contributed by atoms with Gasteiger partial charge in [-0.3, -0.25) is 0 Å². The molecule has 0 atom stereocenters. The molecule has 0 saturated heterocycles. The van der Waals surface area contributed by atoms with E-state index in [9.17, 15) is 0 Å². The maximum absolute atomic E-state index is 5.24. The summed E-state index contributed by atoms with van der Waals surface area (Å²) in [5.41, 5.74) is 4.09. The zero-order chi connectivity index (χ0) is 13.7. The zero-order valence-electron chi connectivity index (χ0n) is 11.2. The topological polar surface area (TPSA) is 9.23 Å². The van der Waals surface area contributed by atoms with Crippen molar-refractivity contribution in [2.24, 2.45) is 0 Å². The maximum Gasteiger partial charge on any atom is 0.133 e. The molecule has 0 radical (unpaired) electrons. The molecule has 0 unspecified atom stereocenters. The number of benzene rings is 2. The third kappa shape index (κ3) is 4.02. The number of hydrogen-bond acceptors (Lipinski definition) is 2. The Balaban J connectivity index is 1.93. The van der Waals surface area contributed by atoms with E-state index >= 15 is 0 Å². The van der Waals surface area contributed by atoms with E-state index in [1.165, 1.54) is 16.7 Å². The normalized spacial score (nSPS) is 10.5. The van der Waals surface area contributed by atoms with Gasteiger partial charge in [0, 0.05) is 11.5 Å². The molecule has 0 aliphatic heterocycles. The summed E-state index contributed by atoms with van der Waals surface area (Å²) in [6.45, 7) is 2.17. The predicted octanol–water partition coefficient (Wildman–Crippen LogP) is 5.20. The van der Waals surface area contributed by atoms with Crippen molar-refractivity contribution in [2.45, 2.75) is 18.4 Å². The number of methoxy groups -OCH3 is 1. The second-order valence-electron chi connectivity index (χ2n) is 4.39. The Morgan fingerprint density at radius 3 is 2.58 bits per heavy atom. The number of hydrogen-bond donors (Lipinski definition) is 0. The molecule has 0 saturated carbocycles. The molecule has 0 aromatic heterocycles. The van der Waals surface area contributed by atoms with Crippen LogP contribution in [0.4, 0.5) is 0 Å². The van der Waals surface area contributed by atoms with Crippen LogP contribution in [0.1, 0.15) is 16.7 Å². The molecule has 3 heteroatoms. The van der Waals surface area contributed by atoms with E-state index in [1.54, 1.807) is 7.11 Å². The van der Waals surface area contributed by atoms with E-state index in [0.717, 1.165) is 21.7 Å². The Morgan fingerprint density at radius 2 is 1.89 bits per heavy atom. The molecule has 100 valence electrons. The quantitative estimate of drug-likeness (QED) is 0.742. The summed E-state index contributed by atoms with van der Waals surface area (Å²) in [4.78, 5) is 0. The van der Waals surface area contributed by atoms with Crippen molar-refractivity contribution < 1.29 is 4.74 Å². The monoisotopic (exact) mass is 336 g/mol. The fourth-order valence-corrected chi connectivity index (χ4v) is 3.50. The fourth-order valence-electron chi connectivity index (χ4n) is 1.85. The first-order chi connectivity index (χ1) is 9.20. The molecule has 1 nitrogen and oxygen atoms in total. The van der Waals surface area contributed by atoms with E-state index in [0.29, 0.717) is 0 Å². The molecule has 2 aromatic rings. The van der Waals surface area contributed by atoms with Gasteiger partial charge in [-0.1, -0.05) is 30.3 Å². The van der Waals surface area contributed by atoms with Crippen LogP contribution in [0.2, 0.25) is 0 Å². The predicted molar refractivity (Wildman–Crippen MR) is 86.9 cm³/mol. The van der Waals surface area contributed by atoms with Gasteiger partial charge in [0.05, 0.1) is 11.6 Å². The summed E-state index contributed by atoms with van der Waals surface area (Å²) in [5, 5.41) is 0. The summed E-state index contributed by atoms with van der Waals surface area (Å²) < 4.78 is 6.25. The van der Waals surface area contributed by atoms with Crippen LogP contribution in [0.25, 0.3) is 0 Å². The maximum atomic E-state index is 5.24. The van der Waals surface area contributed by atoms with Crippen molar-refractivity contribution in [3.05, 3.63) is 63.6 Å². The van der Waals surface area contributed by atoms with E-state index in [1.807, 2.05) is 17.8 Å². The molecule has 2 aromatic carbocycles. The van der Waals surface area contributed by atoms with Gasteiger partial charge in [-0.2, -0.15) is 11.8 Å². The first kappa shape index (κ1) is 14.5. The third-order valence-corrected chi connectivity index (χ3v) is 4.68. The molecular weight excluding hydrogens is 320 g/mol. The Kier molecular flexibility index (Phi) is 5.34. The van der Waals surface area contributed by atoms with Crippen molar-refractivity contribution in [3.8, 4) is 5.75 Å². The van der Waals surface area contributed by atoms with Crippen molar-refractivity contribution in [3.63, 3.8) is 0 Å². The Bertz CT molecular complexity index is 554. The van der Waals surface area contributed by atoms with Crippen molar-refractivity contribution in [1.29, 1.82) is 0 Å². The highest BCUT2D eigenvalue weighted by molar-refractivity contribution is 9.10. The first-order valence-electron chi connectivity index (χ1n) is 6.15.